The number of hydrogen-bond acceptors (Lipinski definition) is 5. The predicted octanol–water partition coefficient (Wildman–Crippen LogP) is 2.10. The second kappa shape index (κ2) is 10.5. The standard InChI is InChI=1S/C19H22BrN5O3/c1-3-21-19(28)13-5-4-6-15(9-13)23-17(26)11-25(2)12-18(27)24-16-8-7-14(20)10-22-16/h4-10H,3,11-12H2,1-2H3,(H,21,28)(H,23,26)(H,22,24,27). The molecule has 0 atom stereocenters. The summed E-state index contributed by atoms with van der Waals surface area (Å²) in [5, 5.41) is 8.10. The number of likely N-dealkylation sites (N-methyl/N-ethyl adjacent to an activating group) is 1. The van der Waals surface area contributed by atoms with Gasteiger partial charge in [0.15, 0.2) is 0 Å². The van der Waals surface area contributed by atoms with Gasteiger partial charge in [-0.15, -0.1) is 0 Å². The topological polar surface area (TPSA) is 103 Å². The Morgan fingerprint density at radius 3 is 2.43 bits per heavy atom. The zero-order valence-corrected chi connectivity index (χ0v) is 17.2. The van der Waals surface area contributed by atoms with Gasteiger partial charge in [-0.1, -0.05) is 6.07 Å². The highest BCUT2D eigenvalue weighted by Gasteiger charge is 2.12. The minimum absolute atomic E-state index is 0.0204. The monoisotopic (exact) mass is 447 g/mol. The lowest BCUT2D eigenvalue weighted by Gasteiger charge is -2.16. The zero-order chi connectivity index (χ0) is 20.5. The number of hydrogen-bond donors (Lipinski definition) is 3. The lowest BCUT2D eigenvalue weighted by molar-refractivity contribution is -0.119. The number of aromatic nitrogens is 1. The van der Waals surface area contributed by atoms with E-state index in [-0.39, 0.29) is 30.8 Å². The van der Waals surface area contributed by atoms with Crippen molar-refractivity contribution in [2.24, 2.45) is 0 Å². The Kier molecular flexibility index (Phi) is 8.09. The normalized spacial score (nSPS) is 10.4. The molecule has 1 aromatic heterocycles. The van der Waals surface area contributed by atoms with Crippen LogP contribution in [0.5, 0.6) is 0 Å². The maximum absolute atomic E-state index is 12.2. The summed E-state index contributed by atoms with van der Waals surface area (Å²) in [6, 6.07) is 10.1. The highest BCUT2D eigenvalue weighted by molar-refractivity contribution is 9.10. The van der Waals surface area contributed by atoms with Crippen LogP contribution in [0, 0.1) is 0 Å². The summed E-state index contributed by atoms with van der Waals surface area (Å²) in [4.78, 5) is 41.8. The van der Waals surface area contributed by atoms with Gasteiger partial charge in [-0.05, 0) is 60.2 Å². The maximum atomic E-state index is 12.2. The van der Waals surface area contributed by atoms with Crippen LogP contribution in [-0.2, 0) is 9.59 Å². The van der Waals surface area contributed by atoms with Crippen LogP contribution in [0.25, 0.3) is 0 Å². The number of nitrogens with one attached hydrogen (secondary N) is 3. The number of carbonyl (C=O) groups excluding carboxylic acids is 3. The van der Waals surface area contributed by atoms with Crippen LogP contribution in [0.15, 0.2) is 47.1 Å². The molecule has 0 aliphatic heterocycles. The number of carbonyl (C=O) groups is 3. The number of pyridine rings is 1. The van der Waals surface area contributed by atoms with E-state index in [1.807, 2.05) is 6.92 Å². The molecule has 0 saturated heterocycles. The fourth-order valence-corrected chi connectivity index (χ4v) is 2.61. The molecule has 0 spiro atoms. The van der Waals surface area contributed by atoms with E-state index in [0.717, 1.165) is 4.47 Å². The van der Waals surface area contributed by atoms with Crippen molar-refractivity contribution in [2.75, 3.05) is 37.3 Å². The summed E-state index contributed by atoms with van der Waals surface area (Å²) in [5.41, 5.74) is 0.986. The van der Waals surface area contributed by atoms with E-state index in [0.29, 0.717) is 23.6 Å². The molecule has 2 aromatic rings. The zero-order valence-electron chi connectivity index (χ0n) is 15.7. The SMILES string of the molecule is CCNC(=O)c1cccc(NC(=O)CN(C)CC(=O)Nc2ccc(Br)cn2)c1. The predicted molar refractivity (Wildman–Crippen MR) is 111 cm³/mol. The Morgan fingerprint density at radius 1 is 1.07 bits per heavy atom. The van der Waals surface area contributed by atoms with E-state index in [4.69, 9.17) is 0 Å². The van der Waals surface area contributed by atoms with Gasteiger partial charge in [0, 0.05) is 28.5 Å². The second-order valence-electron chi connectivity index (χ2n) is 6.07. The average molecular weight is 448 g/mol. The summed E-state index contributed by atoms with van der Waals surface area (Å²) < 4.78 is 0.815. The third-order valence-electron chi connectivity index (χ3n) is 3.57. The van der Waals surface area contributed by atoms with Crippen molar-refractivity contribution < 1.29 is 14.4 Å². The quantitative estimate of drug-likeness (QED) is 0.574. The van der Waals surface area contributed by atoms with E-state index in [2.05, 4.69) is 36.9 Å². The number of amides is 3. The molecule has 28 heavy (non-hydrogen) atoms. The van der Waals surface area contributed by atoms with Gasteiger partial charge in [-0.25, -0.2) is 4.98 Å². The highest BCUT2D eigenvalue weighted by atomic mass is 79.9. The average Bonchev–Trinajstić information content (AvgIpc) is 2.63. The summed E-state index contributed by atoms with van der Waals surface area (Å²) in [6.45, 7) is 2.41. The molecule has 1 heterocycles. The van der Waals surface area contributed by atoms with E-state index < -0.39 is 0 Å². The Bertz CT molecular complexity index is 842. The third kappa shape index (κ3) is 7.09. The van der Waals surface area contributed by atoms with Gasteiger partial charge in [0.05, 0.1) is 13.1 Å². The van der Waals surface area contributed by atoms with Gasteiger partial charge in [0.25, 0.3) is 5.91 Å². The van der Waals surface area contributed by atoms with Crippen molar-refractivity contribution >= 4 is 45.2 Å². The van der Waals surface area contributed by atoms with Gasteiger partial charge < -0.3 is 16.0 Å². The van der Waals surface area contributed by atoms with E-state index in [9.17, 15) is 14.4 Å². The van der Waals surface area contributed by atoms with E-state index >= 15 is 0 Å². The Balaban J connectivity index is 1.83. The van der Waals surface area contributed by atoms with Crippen LogP contribution in [-0.4, -0.2) is 54.3 Å². The lowest BCUT2D eigenvalue weighted by Crippen LogP contribution is -2.36. The van der Waals surface area contributed by atoms with Crippen LogP contribution in [0.3, 0.4) is 0 Å². The fraction of sp³-hybridized carbons (Fsp3) is 0.263. The second-order valence-corrected chi connectivity index (χ2v) is 6.99. The number of rotatable bonds is 8. The number of halogens is 1. The van der Waals surface area contributed by atoms with E-state index in [1.54, 1.807) is 54.5 Å². The highest BCUT2D eigenvalue weighted by Crippen LogP contribution is 2.11. The summed E-state index contributed by atoms with van der Waals surface area (Å²) in [6.07, 6.45) is 1.58. The first kappa shape index (κ1) is 21.5. The molecule has 2 rings (SSSR count). The molecule has 0 aliphatic carbocycles. The number of nitrogens with zero attached hydrogens (tertiary/aromatic N) is 2. The minimum Gasteiger partial charge on any atom is -0.352 e. The molecule has 148 valence electrons. The maximum Gasteiger partial charge on any atom is 0.251 e. The van der Waals surface area contributed by atoms with Crippen LogP contribution in [0.1, 0.15) is 17.3 Å². The first-order chi connectivity index (χ1) is 13.4. The molecule has 8 nitrogen and oxygen atoms in total. The van der Waals surface area contributed by atoms with Gasteiger partial charge in [0.1, 0.15) is 5.82 Å². The van der Waals surface area contributed by atoms with Gasteiger partial charge >= 0.3 is 0 Å². The van der Waals surface area contributed by atoms with Gasteiger partial charge in [0.2, 0.25) is 11.8 Å². The van der Waals surface area contributed by atoms with Crippen molar-refractivity contribution in [2.45, 2.75) is 6.92 Å². The summed E-state index contributed by atoms with van der Waals surface area (Å²) in [5.74, 6) is -0.323. The smallest absolute Gasteiger partial charge is 0.251 e. The van der Waals surface area contributed by atoms with Crippen molar-refractivity contribution in [3.63, 3.8) is 0 Å². The van der Waals surface area contributed by atoms with Crippen molar-refractivity contribution in [3.8, 4) is 0 Å². The van der Waals surface area contributed by atoms with Crippen LogP contribution < -0.4 is 16.0 Å². The molecule has 0 radical (unpaired) electrons. The molecule has 3 amide bonds. The van der Waals surface area contributed by atoms with Crippen molar-refractivity contribution in [3.05, 3.63) is 52.6 Å². The Hall–Kier alpha value is -2.78. The molecule has 0 saturated carbocycles. The lowest BCUT2D eigenvalue weighted by atomic mass is 10.2. The molecule has 0 bridgehead atoms. The summed E-state index contributed by atoms with van der Waals surface area (Å²) in [7, 11) is 1.67. The van der Waals surface area contributed by atoms with Crippen molar-refractivity contribution in [1.82, 2.24) is 15.2 Å². The largest absolute Gasteiger partial charge is 0.352 e. The number of anilines is 2. The van der Waals surface area contributed by atoms with Crippen LogP contribution in [0.2, 0.25) is 0 Å². The molecule has 0 unspecified atom stereocenters. The molecule has 0 fully saturated rings. The molecule has 1 aromatic carbocycles. The van der Waals surface area contributed by atoms with Gasteiger partial charge in [-0.2, -0.15) is 0 Å². The fourth-order valence-electron chi connectivity index (χ4n) is 2.38. The minimum atomic E-state index is -0.287. The first-order valence-electron chi connectivity index (χ1n) is 8.65. The molecule has 9 heteroatoms. The third-order valence-corrected chi connectivity index (χ3v) is 4.04. The molecule has 3 N–H and O–H groups in total. The number of benzene rings is 1. The Morgan fingerprint density at radius 2 is 1.79 bits per heavy atom. The van der Waals surface area contributed by atoms with Crippen LogP contribution >= 0.6 is 15.9 Å². The molecular formula is C19H22BrN5O3. The van der Waals surface area contributed by atoms with Crippen LogP contribution in [0.4, 0.5) is 11.5 Å². The van der Waals surface area contributed by atoms with Gasteiger partial charge in [-0.3, -0.25) is 19.3 Å². The first-order valence-corrected chi connectivity index (χ1v) is 9.44. The molecule has 0 aliphatic rings. The Labute approximate surface area is 171 Å². The van der Waals surface area contributed by atoms with E-state index in [1.165, 1.54) is 0 Å². The summed E-state index contributed by atoms with van der Waals surface area (Å²) >= 11 is 3.28. The molecular weight excluding hydrogens is 426 g/mol. The van der Waals surface area contributed by atoms with Crippen molar-refractivity contribution in [1.29, 1.82) is 0 Å².